The fraction of sp³-hybridized carbons (Fsp3) is 0.169. The van der Waals surface area contributed by atoms with Crippen LogP contribution in [0.3, 0.4) is 0 Å². The van der Waals surface area contributed by atoms with Gasteiger partial charge >= 0.3 is 5.84 Å². The van der Waals surface area contributed by atoms with Gasteiger partial charge in [-0.25, -0.2) is 0 Å². The lowest BCUT2D eigenvalue weighted by Crippen LogP contribution is -2.74. The Morgan fingerprint density at radius 1 is 0.492 bits per heavy atom. The number of rotatable bonds is 6. The Labute approximate surface area is 389 Å². The van der Waals surface area contributed by atoms with Crippen molar-refractivity contribution >= 4 is 87.0 Å². The minimum Gasteiger partial charge on any atom is -0.422 e. The first kappa shape index (κ1) is 41.5. The number of fused-ring (bicyclic) bond motifs is 7. The maximum absolute atomic E-state index is 6.83. The topological polar surface area (TPSA) is 30.4 Å². The van der Waals surface area contributed by atoms with Crippen molar-refractivity contribution in [1.29, 1.82) is 0 Å². The van der Waals surface area contributed by atoms with Crippen LogP contribution in [0.15, 0.2) is 196 Å². The van der Waals surface area contributed by atoms with Crippen LogP contribution in [0, 0.1) is 0 Å². The first-order valence-electron chi connectivity index (χ1n) is 22.9. The highest BCUT2D eigenvalue weighted by molar-refractivity contribution is 8.00. The first-order chi connectivity index (χ1) is 31.3. The molecule has 11 rings (SSSR count). The van der Waals surface area contributed by atoms with E-state index < -0.39 is 16.1 Å². The molecule has 320 valence electrons. The van der Waals surface area contributed by atoms with E-state index >= 15 is 0 Å². The van der Waals surface area contributed by atoms with Crippen molar-refractivity contribution in [1.82, 2.24) is 9.38 Å². The quantitative estimate of drug-likeness (QED) is 0.123. The third-order valence-electron chi connectivity index (χ3n) is 13.9. The predicted molar refractivity (Wildman–Crippen MR) is 282 cm³/mol. The Bertz CT molecular complexity index is 3420. The Hall–Kier alpha value is -6.19. The number of imidazole rings is 1. The smallest absolute Gasteiger partial charge is 0.307 e. The van der Waals surface area contributed by atoms with E-state index in [1.54, 1.807) is 0 Å². The zero-order valence-electron chi connectivity index (χ0n) is 38.5. The summed E-state index contributed by atoms with van der Waals surface area (Å²) < 4.78 is 9.00. The summed E-state index contributed by atoms with van der Waals surface area (Å²) in [5, 5.41) is 8.45. The van der Waals surface area contributed by atoms with E-state index in [-0.39, 0.29) is 10.8 Å². The van der Waals surface area contributed by atoms with Crippen molar-refractivity contribution in [2.45, 2.75) is 75.3 Å². The highest BCUT2D eigenvalue weighted by Gasteiger charge is 2.44. The lowest BCUT2D eigenvalue weighted by molar-refractivity contribution is 0.591. The van der Waals surface area contributed by atoms with Crippen molar-refractivity contribution in [3.63, 3.8) is 0 Å². The first-order valence-corrected chi connectivity index (χ1v) is 28.7. The molecule has 1 aliphatic rings. The van der Waals surface area contributed by atoms with Crippen molar-refractivity contribution in [2.75, 3.05) is 0 Å². The predicted octanol–water partition coefficient (Wildman–Crippen LogP) is 11.8. The Balaban J connectivity index is 1.22. The van der Waals surface area contributed by atoms with Gasteiger partial charge in [-0.1, -0.05) is 224 Å². The molecule has 0 spiro atoms. The fourth-order valence-electron chi connectivity index (χ4n) is 10.8. The molecule has 0 saturated heterocycles. The summed E-state index contributed by atoms with van der Waals surface area (Å²) in [4.78, 5) is 7.76. The minimum absolute atomic E-state index is 0.0984. The molecular weight excluding hydrogens is 841 g/mol. The number of benzene rings is 8. The van der Waals surface area contributed by atoms with Gasteiger partial charge in [0.25, 0.3) is 0 Å². The van der Waals surface area contributed by atoms with Crippen LogP contribution in [0.4, 0.5) is 0 Å². The van der Waals surface area contributed by atoms with Crippen LogP contribution in [0.1, 0.15) is 52.7 Å². The highest BCUT2D eigenvalue weighted by atomic mass is 32.2. The Morgan fingerprint density at radius 3 is 1.66 bits per heavy atom. The Morgan fingerprint density at radius 2 is 1.02 bits per heavy atom. The summed E-state index contributed by atoms with van der Waals surface area (Å²) in [7, 11) is -5.08. The van der Waals surface area contributed by atoms with Gasteiger partial charge in [-0.15, -0.1) is 0 Å². The molecule has 8 aromatic carbocycles. The Kier molecular flexibility index (Phi) is 9.71. The molecule has 65 heavy (non-hydrogen) atoms. The highest BCUT2D eigenvalue weighted by Crippen LogP contribution is 2.43. The fourth-order valence-corrected chi connectivity index (χ4v) is 21.1. The van der Waals surface area contributed by atoms with Gasteiger partial charge in [-0.05, 0) is 94.0 Å². The van der Waals surface area contributed by atoms with Crippen LogP contribution in [0.2, 0.25) is 13.1 Å². The van der Waals surface area contributed by atoms with Gasteiger partial charge in [-0.3, -0.25) is 4.40 Å². The summed E-state index contributed by atoms with van der Waals surface area (Å²) in [6.07, 6.45) is 0. The molecule has 0 amide bonds. The second kappa shape index (κ2) is 15.2. The van der Waals surface area contributed by atoms with Gasteiger partial charge < -0.3 is 4.42 Å². The number of nitrogens with zero attached hydrogens (tertiary/aromatic N) is 2. The molecule has 0 unspecified atom stereocenters. The van der Waals surface area contributed by atoms with E-state index in [9.17, 15) is 0 Å². The maximum atomic E-state index is 6.83. The second-order valence-corrected chi connectivity index (χ2v) is 29.6. The summed E-state index contributed by atoms with van der Waals surface area (Å²) in [5.41, 5.74) is 11.2. The van der Waals surface area contributed by atoms with E-state index in [0.29, 0.717) is 5.84 Å². The zero-order valence-corrected chi connectivity index (χ0v) is 41.3. The van der Waals surface area contributed by atoms with Gasteiger partial charge in [0.05, 0.1) is 16.6 Å². The van der Waals surface area contributed by atoms with Crippen molar-refractivity contribution in [3.8, 4) is 22.3 Å². The normalized spacial score (nSPS) is 13.9. The largest absolute Gasteiger partial charge is 0.422 e. The van der Waals surface area contributed by atoms with Gasteiger partial charge in [0.2, 0.25) is 0 Å². The molecule has 0 fully saturated rings. The van der Waals surface area contributed by atoms with Crippen molar-refractivity contribution < 1.29 is 4.42 Å². The molecule has 1 aliphatic heterocycles. The number of hydrogen-bond acceptors (Lipinski definition) is 3. The number of aromatic nitrogens is 2. The third-order valence-corrected chi connectivity index (χ3v) is 23.8. The number of oxazole rings is 1. The molecule has 10 aromatic rings. The minimum atomic E-state index is -3.08. The van der Waals surface area contributed by atoms with E-state index in [1.807, 2.05) is 17.8 Å². The average molecular weight is 895 g/mol. The lowest BCUT2D eigenvalue weighted by Gasteiger charge is -2.37. The molecule has 3 nitrogen and oxygen atoms in total. The average Bonchev–Trinajstić information content (AvgIpc) is 3.86. The van der Waals surface area contributed by atoms with E-state index in [0.717, 1.165) is 27.7 Å². The van der Waals surface area contributed by atoms with E-state index in [2.05, 4.69) is 235 Å². The van der Waals surface area contributed by atoms with Gasteiger partial charge in [0.1, 0.15) is 8.07 Å². The van der Waals surface area contributed by atoms with Gasteiger partial charge in [-0.2, -0.15) is 4.98 Å². The zero-order chi connectivity index (χ0) is 44.9. The summed E-state index contributed by atoms with van der Waals surface area (Å²) in [6.45, 7) is 19.1. The third kappa shape index (κ3) is 6.55. The van der Waals surface area contributed by atoms with Crippen LogP contribution in [-0.4, -0.2) is 25.5 Å². The molecule has 0 atom stereocenters. The maximum Gasteiger partial charge on any atom is 0.307 e. The molecule has 6 heteroatoms. The summed E-state index contributed by atoms with van der Waals surface area (Å²) >= 11 is 1.97. The van der Waals surface area contributed by atoms with Gasteiger partial charge in [0.15, 0.2) is 13.7 Å². The van der Waals surface area contributed by atoms with Crippen LogP contribution in [0.25, 0.3) is 50.2 Å². The van der Waals surface area contributed by atoms with Crippen molar-refractivity contribution in [3.05, 3.63) is 193 Å². The van der Waals surface area contributed by atoms with E-state index in [1.165, 1.54) is 68.7 Å². The molecule has 3 heterocycles. The molecule has 0 N–H and O–H groups in total. The molecule has 0 saturated carbocycles. The lowest BCUT2D eigenvalue weighted by atomic mass is 9.81. The van der Waals surface area contributed by atoms with Crippen LogP contribution in [0.5, 0.6) is 0 Å². The van der Waals surface area contributed by atoms with Crippen LogP contribution >= 0.6 is 11.8 Å². The standard InChI is InChI=1S/C59H54N2OSSi2/c1-58(2,3)47-35-33-41(37-45(47)43-25-19-29-51-55(43)62-57-60-49-27-15-16-28-50(49)61(51)57)65(39-21-11-9-12-22-39,40-23-13-10-14-24-40)42-34-36-48(59(4,5)6)46(38-42)44-26-20-32-54-56(44)63-52-30-17-18-31-53(52)64(54,7)8/h9-38H,1-8H3. The van der Waals surface area contributed by atoms with Crippen molar-refractivity contribution in [2.24, 2.45) is 0 Å². The molecule has 0 bridgehead atoms. The van der Waals surface area contributed by atoms with Gasteiger partial charge in [0, 0.05) is 15.4 Å². The van der Waals surface area contributed by atoms with Crippen LogP contribution < -0.4 is 31.1 Å². The molecule has 2 aromatic heterocycles. The summed E-state index contributed by atoms with van der Waals surface area (Å²) in [5.74, 6) is 0.613. The monoisotopic (exact) mass is 894 g/mol. The second-order valence-electron chi connectivity index (χ2n) is 20.4. The number of para-hydroxylation sites is 3. The molecule has 0 aliphatic carbocycles. The van der Waals surface area contributed by atoms with E-state index in [4.69, 9.17) is 9.40 Å². The SMILES string of the molecule is CC(C)(C)c1ccc([Si](c2ccccc2)(c2ccccc2)c2ccc(C(C)(C)C)c(-c3cccc4c3oc3nc5ccccc5n34)c2)cc1-c1cccc2c1Sc1ccccc1[Si]2(C)C. The number of hydrogen-bond donors (Lipinski definition) is 0. The molecule has 0 radical (unpaired) electrons. The summed E-state index contributed by atoms with van der Waals surface area (Å²) in [6, 6.07) is 68.9. The molecular formula is C59H54N2OSSi2. The van der Waals surface area contributed by atoms with Crippen LogP contribution in [-0.2, 0) is 10.8 Å².